The number of thiophene rings is 1. The van der Waals surface area contributed by atoms with Gasteiger partial charge in [-0.3, -0.25) is 9.48 Å². The Bertz CT molecular complexity index is 815. The molecule has 0 spiro atoms. The number of amides is 1. The lowest BCUT2D eigenvalue weighted by molar-refractivity contribution is 0.0940. The van der Waals surface area contributed by atoms with Gasteiger partial charge in [-0.1, -0.05) is 0 Å². The van der Waals surface area contributed by atoms with Gasteiger partial charge in [0.15, 0.2) is 0 Å². The first kappa shape index (κ1) is 17.2. The van der Waals surface area contributed by atoms with Crippen LogP contribution in [-0.2, 0) is 13.2 Å². The van der Waals surface area contributed by atoms with Crippen molar-refractivity contribution < 1.29 is 13.9 Å². The van der Waals surface area contributed by atoms with E-state index >= 15 is 0 Å². The Morgan fingerprint density at radius 3 is 2.92 bits per heavy atom. The molecule has 3 aromatic rings. The maximum atomic E-state index is 12.9. The smallest absolute Gasteiger partial charge is 0.261 e. The van der Waals surface area contributed by atoms with E-state index in [9.17, 15) is 9.18 Å². The van der Waals surface area contributed by atoms with Crippen molar-refractivity contribution in [2.75, 3.05) is 0 Å². The summed E-state index contributed by atoms with van der Waals surface area (Å²) in [6.45, 7) is 2.88. The van der Waals surface area contributed by atoms with Gasteiger partial charge in [0.2, 0.25) is 0 Å². The van der Waals surface area contributed by atoms with Gasteiger partial charge >= 0.3 is 0 Å². The number of ether oxygens (including phenoxy) is 1. The van der Waals surface area contributed by atoms with E-state index in [4.69, 9.17) is 4.74 Å². The number of nitrogens with one attached hydrogen (secondary N) is 1. The maximum absolute atomic E-state index is 12.9. The molecule has 0 aliphatic carbocycles. The second-order valence-corrected chi connectivity index (χ2v) is 6.58. The minimum atomic E-state index is -0.300. The van der Waals surface area contributed by atoms with Crippen LogP contribution in [0.4, 0.5) is 4.39 Å². The lowest BCUT2D eigenvalue weighted by atomic mass is 10.3. The fraction of sp³-hybridized carbons (Fsp3) is 0.222. The first-order chi connectivity index (χ1) is 12.1. The maximum Gasteiger partial charge on any atom is 0.261 e. The standard InChI is InChI=1S/C18H18FN3O2S/c1-13(10-22-8-2-7-20-22)21-18(23)17-9-14(12-25-17)11-24-16-5-3-15(19)4-6-16/h2-9,12-13H,10-11H2,1H3,(H,21,23). The number of carbonyl (C=O) groups is 1. The van der Waals surface area contributed by atoms with Crippen molar-refractivity contribution in [1.29, 1.82) is 0 Å². The van der Waals surface area contributed by atoms with Gasteiger partial charge in [0, 0.05) is 24.0 Å². The van der Waals surface area contributed by atoms with Gasteiger partial charge in [0.1, 0.15) is 18.2 Å². The van der Waals surface area contributed by atoms with Gasteiger partial charge in [0.05, 0.1) is 11.4 Å². The van der Waals surface area contributed by atoms with E-state index in [1.54, 1.807) is 23.0 Å². The van der Waals surface area contributed by atoms with Crippen molar-refractivity contribution in [2.24, 2.45) is 0 Å². The van der Waals surface area contributed by atoms with Crippen LogP contribution in [0.5, 0.6) is 5.75 Å². The summed E-state index contributed by atoms with van der Waals surface area (Å²) < 4.78 is 20.2. The first-order valence-corrected chi connectivity index (χ1v) is 8.72. The molecule has 1 atom stereocenters. The molecule has 0 saturated carbocycles. The van der Waals surface area contributed by atoms with Crippen LogP contribution >= 0.6 is 11.3 Å². The zero-order valence-electron chi connectivity index (χ0n) is 13.7. The fourth-order valence-electron chi connectivity index (χ4n) is 2.30. The molecule has 1 aromatic carbocycles. The van der Waals surface area contributed by atoms with Gasteiger partial charge in [-0.05, 0) is 48.7 Å². The van der Waals surface area contributed by atoms with E-state index in [1.165, 1.54) is 23.5 Å². The highest BCUT2D eigenvalue weighted by Crippen LogP contribution is 2.18. The zero-order valence-corrected chi connectivity index (χ0v) is 14.5. The minimum absolute atomic E-state index is 0.0339. The highest BCUT2D eigenvalue weighted by atomic mass is 32.1. The molecule has 1 N–H and O–H groups in total. The molecule has 0 bridgehead atoms. The van der Waals surface area contributed by atoms with Crippen LogP contribution in [0.1, 0.15) is 22.2 Å². The van der Waals surface area contributed by atoms with E-state index < -0.39 is 0 Å². The summed E-state index contributed by atoms with van der Waals surface area (Å²) in [6.07, 6.45) is 3.57. The average molecular weight is 359 g/mol. The van der Waals surface area contributed by atoms with Gasteiger partial charge in [-0.25, -0.2) is 4.39 Å². The van der Waals surface area contributed by atoms with Gasteiger partial charge in [0.25, 0.3) is 5.91 Å². The predicted octanol–water partition coefficient (Wildman–Crippen LogP) is 3.48. The number of halogens is 1. The number of nitrogens with zero attached hydrogens (tertiary/aromatic N) is 2. The minimum Gasteiger partial charge on any atom is -0.489 e. The molecule has 5 nitrogen and oxygen atoms in total. The fourth-order valence-corrected chi connectivity index (χ4v) is 3.10. The number of aromatic nitrogens is 2. The summed E-state index contributed by atoms with van der Waals surface area (Å²) in [5, 5.41) is 8.97. The largest absolute Gasteiger partial charge is 0.489 e. The Morgan fingerprint density at radius 1 is 1.40 bits per heavy atom. The second-order valence-electron chi connectivity index (χ2n) is 5.66. The van der Waals surface area contributed by atoms with Crippen molar-refractivity contribution in [3.8, 4) is 5.75 Å². The van der Waals surface area contributed by atoms with Crippen LogP contribution < -0.4 is 10.1 Å². The number of rotatable bonds is 7. The molecule has 25 heavy (non-hydrogen) atoms. The van der Waals surface area contributed by atoms with E-state index in [-0.39, 0.29) is 17.8 Å². The Labute approximate surface area is 149 Å². The number of carbonyl (C=O) groups excluding carboxylic acids is 1. The summed E-state index contributed by atoms with van der Waals surface area (Å²) in [5.41, 5.74) is 0.902. The Morgan fingerprint density at radius 2 is 2.20 bits per heavy atom. The molecule has 7 heteroatoms. The number of hydrogen-bond acceptors (Lipinski definition) is 4. The molecule has 130 valence electrons. The average Bonchev–Trinajstić information content (AvgIpc) is 3.26. The highest BCUT2D eigenvalue weighted by Gasteiger charge is 2.13. The van der Waals surface area contributed by atoms with Crippen molar-refractivity contribution in [3.05, 3.63) is 70.4 Å². The lowest BCUT2D eigenvalue weighted by Gasteiger charge is -2.13. The lowest BCUT2D eigenvalue weighted by Crippen LogP contribution is -2.35. The van der Waals surface area contributed by atoms with E-state index in [0.29, 0.717) is 23.8 Å². The molecule has 0 saturated heterocycles. The molecule has 2 aromatic heterocycles. The molecule has 3 rings (SSSR count). The van der Waals surface area contributed by atoms with Gasteiger partial charge < -0.3 is 10.1 Å². The van der Waals surface area contributed by atoms with Gasteiger partial charge in [-0.2, -0.15) is 5.10 Å². The summed E-state index contributed by atoms with van der Waals surface area (Å²) in [7, 11) is 0. The van der Waals surface area contributed by atoms with Crippen LogP contribution in [-0.4, -0.2) is 21.7 Å². The molecule has 0 aliphatic heterocycles. The summed E-state index contributed by atoms with van der Waals surface area (Å²) >= 11 is 1.37. The van der Waals surface area contributed by atoms with Crippen molar-refractivity contribution in [1.82, 2.24) is 15.1 Å². The number of benzene rings is 1. The van der Waals surface area contributed by atoms with Crippen molar-refractivity contribution in [2.45, 2.75) is 26.1 Å². The van der Waals surface area contributed by atoms with Crippen LogP contribution in [0.3, 0.4) is 0 Å². The third kappa shape index (κ3) is 4.90. The zero-order chi connectivity index (χ0) is 17.6. The van der Waals surface area contributed by atoms with E-state index in [1.807, 2.05) is 30.6 Å². The summed E-state index contributed by atoms with van der Waals surface area (Å²) in [4.78, 5) is 12.9. The molecule has 2 heterocycles. The van der Waals surface area contributed by atoms with Crippen molar-refractivity contribution >= 4 is 17.2 Å². The van der Waals surface area contributed by atoms with Crippen LogP contribution in [0.2, 0.25) is 0 Å². The molecular formula is C18H18FN3O2S. The molecule has 1 amide bonds. The van der Waals surface area contributed by atoms with Crippen LogP contribution in [0.15, 0.2) is 54.2 Å². The normalized spacial score (nSPS) is 11.9. The Hall–Kier alpha value is -2.67. The molecular weight excluding hydrogens is 341 g/mol. The Kier molecular flexibility index (Phi) is 5.45. The van der Waals surface area contributed by atoms with Crippen LogP contribution in [0, 0.1) is 5.82 Å². The van der Waals surface area contributed by atoms with E-state index in [0.717, 1.165) is 5.56 Å². The van der Waals surface area contributed by atoms with Crippen molar-refractivity contribution in [3.63, 3.8) is 0 Å². The Balaban J connectivity index is 1.51. The third-order valence-electron chi connectivity index (χ3n) is 3.49. The molecule has 0 fully saturated rings. The number of hydrogen-bond donors (Lipinski definition) is 1. The summed E-state index contributed by atoms with van der Waals surface area (Å²) in [6, 6.07) is 9.48. The van der Waals surface area contributed by atoms with E-state index in [2.05, 4.69) is 10.4 Å². The van der Waals surface area contributed by atoms with Crippen LogP contribution in [0.25, 0.3) is 0 Å². The first-order valence-electron chi connectivity index (χ1n) is 7.84. The van der Waals surface area contributed by atoms with Gasteiger partial charge in [-0.15, -0.1) is 11.3 Å². The third-order valence-corrected chi connectivity index (χ3v) is 4.47. The monoisotopic (exact) mass is 359 g/mol. The molecule has 0 radical (unpaired) electrons. The molecule has 0 aliphatic rings. The second kappa shape index (κ2) is 7.94. The molecule has 1 unspecified atom stereocenters. The highest BCUT2D eigenvalue weighted by molar-refractivity contribution is 7.12. The predicted molar refractivity (Wildman–Crippen MR) is 94.2 cm³/mol. The SMILES string of the molecule is CC(Cn1cccn1)NC(=O)c1cc(COc2ccc(F)cc2)cs1. The quantitative estimate of drug-likeness (QED) is 0.703. The summed E-state index contributed by atoms with van der Waals surface area (Å²) in [5.74, 6) is 0.176. The topological polar surface area (TPSA) is 56.2 Å².